The lowest BCUT2D eigenvalue weighted by Crippen LogP contribution is -2.50. The molecule has 1 atom stereocenters. The fourth-order valence-electron chi connectivity index (χ4n) is 3.05. The Morgan fingerprint density at radius 3 is 2.48 bits per heavy atom. The minimum Gasteiger partial charge on any atom is -0.378 e. The van der Waals surface area contributed by atoms with Gasteiger partial charge >= 0.3 is 0 Å². The summed E-state index contributed by atoms with van der Waals surface area (Å²) < 4.78 is 34.0. The van der Waals surface area contributed by atoms with Gasteiger partial charge in [0.25, 0.3) is 5.91 Å². The Labute approximate surface area is 150 Å². The fraction of sp³-hybridized carbons (Fsp3) is 0.412. The summed E-state index contributed by atoms with van der Waals surface area (Å²) in [6.07, 6.45) is 0. The van der Waals surface area contributed by atoms with Gasteiger partial charge in [0.15, 0.2) is 5.11 Å². The highest BCUT2D eigenvalue weighted by Crippen LogP contribution is 2.34. The second kappa shape index (κ2) is 7.05. The van der Waals surface area contributed by atoms with Crippen molar-refractivity contribution in [3.05, 3.63) is 46.7 Å². The van der Waals surface area contributed by atoms with Crippen molar-refractivity contribution in [2.45, 2.75) is 13.0 Å². The first-order valence-electron chi connectivity index (χ1n) is 7.97. The van der Waals surface area contributed by atoms with E-state index >= 15 is 0 Å². The predicted octanol–water partition coefficient (Wildman–Crippen LogP) is 1.96. The Morgan fingerprint density at radius 1 is 1.28 bits per heavy atom. The number of halogens is 2. The average molecular weight is 367 g/mol. The number of hydrogen-bond donors (Lipinski definition) is 1. The third-order valence-electron chi connectivity index (χ3n) is 4.57. The highest BCUT2D eigenvalue weighted by molar-refractivity contribution is 7.80. The van der Waals surface area contributed by atoms with Gasteiger partial charge in [-0.2, -0.15) is 0 Å². The zero-order chi connectivity index (χ0) is 18.1. The van der Waals surface area contributed by atoms with Crippen molar-refractivity contribution in [3.8, 4) is 0 Å². The van der Waals surface area contributed by atoms with Crippen molar-refractivity contribution in [2.75, 3.05) is 33.4 Å². The lowest BCUT2D eigenvalue weighted by molar-refractivity contribution is -0.131. The highest BCUT2D eigenvalue weighted by atomic mass is 32.1. The van der Waals surface area contributed by atoms with Gasteiger partial charge in [-0.3, -0.25) is 4.79 Å². The maximum absolute atomic E-state index is 14.4. The van der Waals surface area contributed by atoms with E-state index < -0.39 is 17.7 Å². The van der Waals surface area contributed by atoms with E-state index in [-0.39, 0.29) is 11.5 Å². The third kappa shape index (κ3) is 3.23. The van der Waals surface area contributed by atoms with E-state index in [9.17, 15) is 13.6 Å². The second-order valence-electron chi connectivity index (χ2n) is 5.98. The topological polar surface area (TPSA) is 44.8 Å². The molecule has 1 aromatic carbocycles. The fourth-order valence-corrected chi connectivity index (χ4v) is 3.31. The molecule has 1 aromatic rings. The largest absolute Gasteiger partial charge is 0.378 e. The summed E-state index contributed by atoms with van der Waals surface area (Å²) in [6, 6.07) is 2.67. The van der Waals surface area contributed by atoms with Crippen LogP contribution in [-0.2, 0) is 9.53 Å². The van der Waals surface area contributed by atoms with Gasteiger partial charge in [-0.25, -0.2) is 8.78 Å². The van der Waals surface area contributed by atoms with Crippen LogP contribution in [0.15, 0.2) is 29.5 Å². The van der Waals surface area contributed by atoms with Crippen molar-refractivity contribution in [3.63, 3.8) is 0 Å². The number of rotatable bonds is 2. The summed E-state index contributed by atoms with van der Waals surface area (Å²) in [7, 11) is 1.71. The average Bonchev–Trinajstić information content (AvgIpc) is 2.60. The molecule has 1 amide bonds. The first-order chi connectivity index (χ1) is 11.9. The molecule has 5 nitrogen and oxygen atoms in total. The molecule has 0 spiro atoms. The van der Waals surface area contributed by atoms with E-state index in [4.69, 9.17) is 17.0 Å². The van der Waals surface area contributed by atoms with Gasteiger partial charge in [-0.15, -0.1) is 0 Å². The van der Waals surface area contributed by atoms with Gasteiger partial charge < -0.3 is 19.9 Å². The number of carbonyl (C=O) groups is 1. The molecule has 1 N–H and O–H groups in total. The van der Waals surface area contributed by atoms with E-state index in [0.717, 1.165) is 0 Å². The monoisotopic (exact) mass is 367 g/mol. The molecule has 25 heavy (non-hydrogen) atoms. The van der Waals surface area contributed by atoms with Gasteiger partial charge in [-0.1, -0.05) is 6.07 Å². The van der Waals surface area contributed by atoms with Crippen molar-refractivity contribution in [2.24, 2.45) is 0 Å². The molecule has 0 bridgehead atoms. The number of carbonyl (C=O) groups excluding carboxylic acids is 1. The Hall–Kier alpha value is -2.06. The molecule has 2 heterocycles. The minimum absolute atomic E-state index is 0.200. The lowest BCUT2D eigenvalue weighted by Gasteiger charge is -2.38. The van der Waals surface area contributed by atoms with Crippen LogP contribution in [0.4, 0.5) is 8.78 Å². The molecule has 2 aliphatic rings. The highest BCUT2D eigenvalue weighted by Gasteiger charge is 2.37. The molecule has 1 unspecified atom stereocenters. The molecule has 0 radical (unpaired) electrons. The lowest BCUT2D eigenvalue weighted by atomic mass is 9.93. The molecule has 8 heteroatoms. The standard InChI is InChI=1S/C17H19F2N3O2S/c1-10-13(16(23)22-6-8-24-9-7-22)15(20-17(25)21(10)2)14-11(18)4-3-5-12(14)19/h3-5,15H,6-9H2,1-2H3,(H,20,25). The van der Waals surface area contributed by atoms with Crippen molar-refractivity contribution >= 4 is 23.2 Å². The Balaban J connectivity index is 2.09. The molecular formula is C17H19F2N3O2S. The van der Waals surface area contributed by atoms with Crippen LogP contribution >= 0.6 is 12.2 Å². The van der Waals surface area contributed by atoms with E-state index in [2.05, 4.69) is 5.32 Å². The van der Waals surface area contributed by atoms with E-state index in [1.165, 1.54) is 18.2 Å². The number of hydrogen-bond acceptors (Lipinski definition) is 3. The summed E-state index contributed by atoms with van der Waals surface area (Å²) >= 11 is 5.26. The first kappa shape index (κ1) is 17.8. The Kier molecular flexibility index (Phi) is 5.01. The minimum atomic E-state index is -0.972. The van der Waals surface area contributed by atoms with E-state index in [0.29, 0.717) is 42.7 Å². The van der Waals surface area contributed by atoms with Crippen LogP contribution in [0.25, 0.3) is 0 Å². The van der Waals surface area contributed by atoms with Crippen LogP contribution in [0.5, 0.6) is 0 Å². The summed E-state index contributed by atoms with van der Waals surface area (Å²) in [5, 5.41) is 3.21. The van der Waals surface area contributed by atoms with Gasteiger partial charge in [0.05, 0.1) is 30.4 Å². The maximum atomic E-state index is 14.4. The Bertz CT molecular complexity index is 727. The molecule has 2 aliphatic heterocycles. The summed E-state index contributed by atoms with van der Waals surface area (Å²) in [5.41, 5.74) is 0.670. The second-order valence-corrected chi connectivity index (χ2v) is 6.37. The zero-order valence-electron chi connectivity index (χ0n) is 14.0. The zero-order valence-corrected chi connectivity index (χ0v) is 14.8. The summed E-state index contributed by atoms with van der Waals surface area (Å²) in [5.74, 6) is -1.70. The van der Waals surface area contributed by atoms with Crippen LogP contribution in [0.3, 0.4) is 0 Å². The normalized spacial score (nSPS) is 21.4. The number of thiocarbonyl (C=S) groups is 1. The van der Waals surface area contributed by atoms with Gasteiger partial charge in [0, 0.05) is 25.8 Å². The molecule has 0 aromatic heterocycles. The van der Waals surface area contributed by atoms with E-state index in [1.807, 2.05) is 0 Å². The van der Waals surface area contributed by atoms with Crippen LogP contribution in [0, 0.1) is 11.6 Å². The predicted molar refractivity (Wildman–Crippen MR) is 92.7 cm³/mol. The third-order valence-corrected chi connectivity index (χ3v) is 4.96. The number of morpholine rings is 1. The molecule has 0 aliphatic carbocycles. The van der Waals surface area contributed by atoms with Gasteiger partial charge in [0.1, 0.15) is 11.6 Å². The molecule has 134 valence electrons. The van der Waals surface area contributed by atoms with Gasteiger partial charge in [0.2, 0.25) is 0 Å². The maximum Gasteiger partial charge on any atom is 0.254 e. The molecule has 0 saturated carbocycles. The van der Waals surface area contributed by atoms with Crippen molar-refractivity contribution in [1.29, 1.82) is 0 Å². The van der Waals surface area contributed by atoms with Crippen molar-refractivity contribution < 1.29 is 18.3 Å². The number of ether oxygens (including phenoxy) is 1. The summed E-state index contributed by atoms with van der Waals surface area (Å²) in [4.78, 5) is 16.4. The van der Waals surface area contributed by atoms with Crippen LogP contribution in [0.1, 0.15) is 18.5 Å². The smallest absolute Gasteiger partial charge is 0.254 e. The molecular weight excluding hydrogens is 348 g/mol. The van der Waals surface area contributed by atoms with Crippen LogP contribution < -0.4 is 5.32 Å². The van der Waals surface area contributed by atoms with Crippen molar-refractivity contribution in [1.82, 2.24) is 15.1 Å². The molecule has 1 saturated heterocycles. The Morgan fingerprint density at radius 2 is 1.88 bits per heavy atom. The number of allylic oxidation sites excluding steroid dienone is 1. The number of nitrogens with one attached hydrogen (secondary N) is 1. The SMILES string of the molecule is CC1=C(C(=O)N2CCOCC2)C(c2c(F)cccc2F)NC(=S)N1C. The van der Waals surface area contributed by atoms with Gasteiger partial charge in [-0.05, 0) is 31.3 Å². The number of nitrogens with zero attached hydrogens (tertiary/aromatic N) is 2. The quantitative estimate of drug-likeness (QED) is 0.810. The van der Waals surface area contributed by atoms with E-state index in [1.54, 1.807) is 23.8 Å². The number of benzene rings is 1. The van der Waals surface area contributed by atoms with Crippen LogP contribution in [0.2, 0.25) is 0 Å². The molecule has 3 rings (SSSR count). The van der Waals surface area contributed by atoms with Crippen LogP contribution in [-0.4, -0.2) is 54.2 Å². The number of amides is 1. The first-order valence-corrected chi connectivity index (χ1v) is 8.38. The summed E-state index contributed by atoms with van der Waals surface area (Å²) in [6.45, 7) is 3.50. The molecule has 1 fully saturated rings.